The quantitative estimate of drug-likeness (QED) is 0.913. The number of piperidine rings is 1. The van der Waals surface area contributed by atoms with Crippen molar-refractivity contribution < 1.29 is 14.3 Å². The van der Waals surface area contributed by atoms with E-state index < -0.39 is 12.0 Å². The number of ether oxygens (including phenoxy) is 1. The van der Waals surface area contributed by atoms with Crippen LogP contribution in [0.4, 0.5) is 10.5 Å². The largest absolute Gasteiger partial charge is 0.439 e. The third-order valence-electron chi connectivity index (χ3n) is 4.61. The minimum Gasteiger partial charge on any atom is -0.439 e. The number of para-hydroxylation sites is 1. The van der Waals surface area contributed by atoms with Crippen molar-refractivity contribution >= 4 is 17.7 Å². The Labute approximate surface area is 136 Å². The van der Waals surface area contributed by atoms with Gasteiger partial charge in [0.15, 0.2) is 6.61 Å². The summed E-state index contributed by atoms with van der Waals surface area (Å²) >= 11 is 0. The average Bonchev–Trinajstić information content (AvgIpc) is 2.96. The molecule has 2 amide bonds. The highest BCUT2D eigenvalue weighted by Gasteiger charge is 2.31. The van der Waals surface area contributed by atoms with Crippen LogP contribution in [0, 0.1) is 0 Å². The van der Waals surface area contributed by atoms with E-state index in [4.69, 9.17) is 10.5 Å². The molecule has 0 spiro atoms. The fraction of sp³-hybridized carbons (Fsp3) is 0.529. The van der Waals surface area contributed by atoms with Crippen molar-refractivity contribution in [2.45, 2.75) is 31.7 Å². The van der Waals surface area contributed by atoms with Gasteiger partial charge in [0.05, 0.1) is 6.04 Å². The van der Waals surface area contributed by atoms with Crippen molar-refractivity contribution in [3.05, 3.63) is 29.8 Å². The normalized spacial score (nSPS) is 20.3. The molecule has 0 radical (unpaired) electrons. The van der Waals surface area contributed by atoms with Crippen LogP contribution in [-0.2, 0) is 16.0 Å². The Balaban J connectivity index is 1.65. The second-order valence-electron chi connectivity index (χ2n) is 6.19. The van der Waals surface area contributed by atoms with E-state index in [0.29, 0.717) is 6.54 Å². The number of hydrogen-bond donors (Lipinski definition) is 1. The minimum atomic E-state index is -0.625. The molecule has 0 aromatic heterocycles. The van der Waals surface area contributed by atoms with Gasteiger partial charge in [-0.2, -0.15) is 0 Å². The summed E-state index contributed by atoms with van der Waals surface area (Å²) in [6.45, 7) is 2.12. The van der Waals surface area contributed by atoms with Crippen molar-refractivity contribution in [1.82, 2.24) is 4.90 Å². The summed E-state index contributed by atoms with van der Waals surface area (Å²) in [6, 6.07) is 8.54. The Hall–Kier alpha value is -2.24. The molecule has 0 saturated carbocycles. The minimum absolute atomic E-state index is 0.121. The number of anilines is 1. The first-order valence-corrected chi connectivity index (χ1v) is 8.19. The highest BCUT2D eigenvalue weighted by atomic mass is 16.6. The summed E-state index contributed by atoms with van der Waals surface area (Å²) in [5.74, 6) is -0.625. The summed E-state index contributed by atoms with van der Waals surface area (Å²) < 4.78 is 5.00. The summed E-state index contributed by atoms with van der Waals surface area (Å²) in [7, 11) is 0. The number of rotatable bonds is 4. The smallest absolute Gasteiger partial charge is 0.410 e. The number of hydrogen-bond acceptors (Lipinski definition) is 4. The number of fused-ring (bicyclic) bond motifs is 1. The Bertz CT molecular complexity index is 590. The fourth-order valence-electron chi connectivity index (χ4n) is 3.50. The standard InChI is InChI=1S/C17H23N3O3/c18-16(21)12-23-17(22)20-9-4-3-6-14(20)11-19-10-8-13-5-1-2-7-15(13)19/h1-2,5,7,14H,3-4,6,8-12H2,(H2,18,21). The van der Waals surface area contributed by atoms with Gasteiger partial charge >= 0.3 is 6.09 Å². The summed E-state index contributed by atoms with van der Waals surface area (Å²) in [6.07, 6.45) is 3.67. The van der Waals surface area contributed by atoms with E-state index in [1.165, 1.54) is 11.3 Å². The fourth-order valence-corrected chi connectivity index (χ4v) is 3.50. The Morgan fingerprint density at radius 3 is 2.87 bits per heavy atom. The van der Waals surface area contributed by atoms with E-state index in [1.807, 2.05) is 0 Å². The van der Waals surface area contributed by atoms with Gasteiger partial charge in [-0.1, -0.05) is 18.2 Å². The molecular formula is C17H23N3O3. The number of carbonyl (C=O) groups is 2. The maximum atomic E-state index is 12.2. The zero-order valence-corrected chi connectivity index (χ0v) is 13.2. The molecule has 1 fully saturated rings. The van der Waals surface area contributed by atoms with Crippen LogP contribution in [0.3, 0.4) is 0 Å². The molecule has 0 bridgehead atoms. The zero-order chi connectivity index (χ0) is 16.2. The molecule has 6 heteroatoms. The molecule has 2 N–H and O–H groups in total. The van der Waals surface area contributed by atoms with Crippen LogP contribution in [0.1, 0.15) is 24.8 Å². The molecule has 23 heavy (non-hydrogen) atoms. The van der Waals surface area contributed by atoms with Crippen molar-refractivity contribution in [2.75, 3.05) is 31.1 Å². The molecule has 2 heterocycles. The van der Waals surface area contributed by atoms with Crippen molar-refractivity contribution in [1.29, 1.82) is 0 Å². The van der Waals surface area contributed by atoms with Gasteiger partial charge in [-0.15, -0.1) is 0 Å². The van der Waals surface area contributed by atoms with Crippen LogP contribution in [-0.4, -0.2) is 49.2 Å². The van der Waals surface area contributed by atoms with Gasteiger partial charge < -0.3 is 20.3 Å². The van der Waals surface area contributed by atoms with E-state index in [2.05, 4.69) is 29.2 Å². The predicted molar refractivity (Wildman–Crippen MR) is 87.2 cm³/mol. The highest BCUT2D eigenvalue weighted by Crippen LogP contribution is 2.29. The van der Waals surface area contributed by atoms with Gasteiger partial charge in [0.1, 0.15) is 0 Å². The van der Waals surface area contributed by atoms with Crippen molar-refractivity contribution in [3.8, 4) is 0 Å². The van der Waals surface area contributed by atoms with Crippen molar-refractivity contribution in [2.24, 2.45) is 5.73 Å². The lowest BCUT2D eigenvalue weighted by Gasteiger charge is -2.37. The second-order valence-corrected chi connectivity index (χ2v) is 6.19. The molecule has 2 aliphatic heterocycles. The maximum Gasteiger partial charge on any atom is 0.410 e. The average molecular weight is 317 g/mol. The summed E-state index contributed by atoms with van der Waals surface area (Å²) in [5, 5.41) is 0. The molecule has 124 valence electrons. The molecule has 1 atom stereocenters. The number of primary amides is 1. The van der Waals surface area contributed by atoms with Gasteiger partial charge in [-0.25, -0.2) is 4.79 Å². The van der Waals surface area contributed by atoms with Crippen LogP contribution in [0.5, 0.6) is 0 Å². The van der Waals surface area contributed by atoms with Gasteiger partial charge in [-0.3, -0.25) is 4.79 Å². The first-order valence-electron chi connectivity index (χ1n) is 8.19. The monoisotopic (exact) mass is 317 g/mol. The van der Waals surface area contributed by atoms with Crippen LogP contribution < -0.4 is 10.6 Å². The van der Waals surface area contributed by atoms with Crippen molar-refractivity contribution in [3.63, 3.8) is 0 Å². The predicted octanol–water partition coefficient (Wildman–Crippen LogP) is 1.53. The van der Waals surface area contributed by atoms with E-state index in [-0.39, 0.29) is 12.6 Å². The van der Waals surface area contributed by atoms with Gasteiger partial charge in [0.2, 0.25) is 0 Å². The third-order valence-corrected chi connectivity index (χ3v) is 4.61. The van der Waals surface area contributed by atoms with E-state index in [1.54, 1.807) is 4.90 Å². The number of likely N-dealkylation sites (tertiary alicyclic amines) is 1. The Morgan fingerprint density at radius 1 is 1.22 bits per heavy atom. The number of amides is 2. The van der Waals surface area contributed by atoms with E-state index in [9.17, 15) is 9.59 Å². The first kappa shape index (κ1) is 15.6. The molecule has 2 aliphatic rings. The summed E-state index contributed by atoms with van der Waals surface area (Å²) in [5.41, 5.74) is 7.68. The Morgan fingerprint density at radius 2 is 2.04 bits per heavy atom. The molecule has 0 aliphatic carbocycles. The van der Waals surface area contributed by atoms with Crippen LogP contribution in [0.2, 0.25) is 0 Å². The van der Waals surface area contributed by atoms with Crippen LogP contribution in [0.15, 0.2) is 24.3 Å². The van der Waals surface area contributed by atoms with Gasteiger partial charge in [-0.05, 0) is 37.3 Å². The van der Waals surface area contributed by atoms with E-state index in [0.717, 1.165) is 38.8 Å². The molecular weight excluding hydrogens is 294 g/mol. The molecule has 6 nitrogen and oxygen atoms in total. The molecule has 1 unspecified atom stereocenters. The molecule has 1 aromatic rings. The van der Waals surface area contributed by atoms with Gasteiger partial charge in [0, 0.05) is 25.3 Å². The second kappa shape index (κ2) is 6.89. The SMILES string of the molecule is NC(=O)COC(=O)N1CCCCC1CN1CCc2ccccc21. The molecule has 3 rings (SSSR count). The van der Waals surface area contributed by atoms with E-state index >= 15 is 0 Å². The topological polar surface area (TPSA) is 75.9 Å². The van der Waals surface area contributed by atoms with Gasteiger partial charge in [0.25, 0.3) is 5.91 Å². The Kier molecular flexibility index (Phi) is 4.69. The third kappa shape index (κ3) is 3.57. The summed E-state index contributed by atoms with van der Waals surface area (Å²) in [4.78, 5) is 27.1. The number of nitrogens with two attached hydrogens (primary N) is 1. The number of carbonyl (C=O) groups excluding carboxylic acids is 2. The highest BCUT2D eigenvalue weighted by molar-refractivity contribution is 5.78. The number of nitrogens with zero attached hydrogens (tertiary/aromatic N) is 2. The first-order chi connectivity index (χ1) is 11.1. The lowest BCUT2D eigenvalue weighted by atomic mass is 10.0. The zero-order valence-electron chi connectivity index (χ0n) is 13.2. The van der Waals surface area contributed by atoms with Crippen LogP contribution >= 0.6 is 0 Å². The van der Waals surface area contributed by atoms with Crippen LogP contribution in [0.25, 0.3) is 0 Å². The number of benzene rings is 1. The lowest BCUT2D eigenvalue weighted by molar-refractivity contribution is -0.121. The molecule has 1 aromatic carbocycles. The lowest BCUT2D eigenvalue weighted by Crippen LogP contribution is -2.50. The molecule has 1 saturated heterocycles. The maximum absolute atomic E-state index is 12.2.